The molecule has 2 aromatic heterocycles. The molecular formula is C14H18N4OS. The van der Waals surface area contributed by atoms with Crippen molar-refractivity contribution >= 4 is 23.1 Å². The number of aryl methyl sites for hydroxylation is 1. The third-order valence-corrected chi connectivity index (χ3v) is 3.93. The van der Waals surface area contributed by atoms with E-state index in [9.17, 15) is 4.79 Å². The third kappa shape index (κ3) is 3.54. The van der Waals surface area contributed by atoms with Crippen molar-refractivity contribution in [2.45, 2.75) is 19.9 Å². The molecule has 0 bridgehead atoms. The highest BCUT2D eigenvalue weighted by Gasteiger charge is 2.08. The topological polar surface area (TPSA) is 58.1 Å². The second-order valence-electron chi connectivity index (χ2n) is 4.56. The van der Waals surface area contributed by atoms with Crippen LogP contribution in [-0.2, 0) is 13.0 Å². The van der Waals surface area contributed by atoms with Crippen LogP contribution in [-0.4, -0.2) is 34.9 Å². The number of hydrogen-bond donors (Lipinski definition) is 1. The van der Waals surface area contributed by atoms with Crippen molar-refractivity contribution in [3.63, 3.8) is 0 Å². The summed E-state index contributed by atoms with van der Waals surface area (Å²) in [6.45, 7) is 2.77. The molecule has 106 valence electrons. The molecular weight excluding hydrogens is 272 g/mol. The Morgan fingerprint density at radius 3 is 2.65 bits per heavy atom. The van der Waals surface area contributed by atoms with E-state index >= 15 is 0 Å². The van der Waals surface area contributed by atoms with Gasteiger partial charge in [0, 0.05) is 31.4 Å². The van der Waals surface area contributed by atoms with Crippen LogP contribution >= 0.6 is 11.3 Å². The number of hydrogen-bond acceptors (Lipinski definition) is 5. The molecule has 0 saturated heterocycles. The van der Waals surface area contributed by atoms with Gasteiger partial charge in [-0.1, -0.05) is 6.92 Å². The minimum absolute atomic E-state index is 0.0449. The lowest BCUT2D eigenvalue weighted by molar-refractivity contribution is 0.0827. The Morgan fingerprint density at radius 1 is 1.30 bits per heavy atom. The largest absolute Gasteiger partial charge is 0.364 e. The van der Waals surface area contributed by atoms with Crippen LogP contribution in [0.3, 0.4) is 0 Å². The van der Waals surface area contributed by atoms with Gasteiger partial charge in [-0.15, -0.1) is 11.3 Å². The fourth-order valence-electron chi connectivity index (χ4n) is 1.64. The Bertz CT molecular complexity index is 577. The number of anilines is 1. The monoisotopic (exact) mass is 290 g/mol. The normalized spacial score (nSPS) is 10.3. The molecule has 0 saturated carbocycles. The van der Waals surface area contributed by atoms with Gasteiger partial charge in [0.2, 0.25) is 0 Å². The summed E-state index contributed by atoms with van der Waals surface area (Å²) in [4.78, 5) is 23.1. The first kappa shape index (κ1) is 14.5. The SMILES string of the molecule is CCc1cnc(CNc2ccc(C(=O)N(C)C)cn2)s1. The summed E-state index contributed by atoms with van der Waals surface area (Å²) in [5.74, 6) is 0.699. The average Bonchev–Trinajstić information content (AvgIpc) is 2.93. The zero-order valence-electron chi connectivity index (χ0n) is 11.9. The Kier molecular flexibility index (Phi) is 4.68. The lowest BCUT2D eigenvalue weighted by Crippen LogP contribution is -2.21. The van der Waals surface area contributed by atoms with Crippen LogP contribution in [0.25, 0.3) is 0 Å². The molecule has 0 spiro atoms. The molecule has 0 aliphatic carbocycles. The first-order chi connectivity index (χ1) is 9.60. The number of nitrogens with zero attached hydrogens (tertiary/aromatic N) is 3. The van der Waals surface area contributed by atoms with Crippen LogP contribution in [0.15, 0.2) is 24.5 Å². The van der Waals surface area contributed by atoms with E-state index < -0.39 is 0 Å². The maximum Gasteiger partial charge on any atom is 0.254 e. The molecule has 0 aliphatic rings. The maximum atomic E-state index is 11.7. The van der Waals surface area contributed by atoms with E-state index in [1.807, 2.05) is 12.3 Å². The minimum atomic E-state index is -0.0449. The quantitative estimate of drug-likeness (QED) is 0.918. The molecule has 0 unspecified atom stereocenters. The summed E-state index contributed by atoms with van der Waals surface area (Å²) < 4.78 is 0. The first-order valence-corrected chi connectivity index (χ1v) is 7.27. The molecule has 0 aliphatic heterocycles. The van der Waals surface area contributed by atoms with Gasteiger partial charge in [0.05, 0.1) is 12.1 Å². The van der Waals surface area contributed by atoms with Crippen LogP contribution in [0.4, 0.5) is 5.82 Å². The van der Waals surface area contributed by atoms with Crippen LogP contribution in [0.5, 0.6) is 0 Å². The number of carbonyl (C=O) groups is 1. The van der Waals surface area contributed by atoms with Gasteiger partial charge in [-0.25, -0.2) is 9.97 Å². The van der Waals surface area contributed by atoms with Crippen LogP contribution in [0.1, 0.15) is 27.2 Å². The molecule has 0 aromatic carbocycles. The number of nitrogens with one attached hydrogen (secondary N) is 1. The molecule has 0 fully saturated rings. The highest BCUT2D eigenvalue weighted by atomic mass is 32.1. The van der Waals surface area contributed by atoms with Gasteiger partial charge in [-0.2, -0.15) is 0 Å². The lowest BCUT2D eigenvalue weighted by Gasteiger charge is -2.10. The zero-order valence-corrected chi connectivity index (χ0v) is 12.7. The minimum Gasteiger partial charge on any atom is -0.364 e. The van der Waals surface area contributed by atoms with E-state index in [2.05, 4.69) is 22.2 Å². The van der Waals surface area contributed by atoms with Gasteiger partial charge < -0.3 is 10.2 Å². The van der Waals surface area contributed by atoms with E-state index in [0.717, 1.165) is 17.2 Å². The highest BCUT2D eigenvalue weighted by Crippen LogP contribution is 2.15. The van der Waals surface area contributed by atoms with Crippen LogP contribution in [0, 0.1) is 0 Å². The van der Waals surface area contributed by atoms with Crippen molar-refractivity contribution in [2.75, 3.05) is 19.4 Å². The Labute approximate surface area is 122 Å². The van der Waals surface area contributed by atoms with Crippen LogP contribution < -0.4 is 5.32 Å². The van der Waals surface area contributed by atoms with Gasteiger partial charge in [0.15, 0.2) is 0 Å². The maximum absolute atomic E-state index is 11.7. The fraction of sp³-hybridized carbons (Fsp3) is 0.357. The number of pyridine rings is 1. The van der Waals surface area contributed by atoms with Crippen molar-refractivity contribution in [1.29, 1.82) is 0 Å². The van der Waals surface area contributed by atoms with Gasteiger partial charge in [0.1, 0.15) is 10.8 Å². The summed E-state index contributed by atoms with van der Waals surface area (Å²) in [6.07, 6.45) is 4.51. The van der Waals surface area contributed by atoms with Gasteiger partial charge in [0.25, 0.3) is 5.91 Å². The number of thiazole rings is 1. The first-order valence-electron chi connectivity index (χ1n) is 6.45. The molecule has 1 N–H and O–H groups in total. The van der Waals surface area contributed by atoms with Crippen molar-refractivity contribution in [3.8, 4) is 0 Å². The van der Waals surface area contributed by atoms with Crippen molar-refractivity contribution in [3.05, 3.63) is 40.0 Å². The standard InChI is InChI=1S/C14H18N4OS/c1-4-11-8-17-13(20-11)9-16-12-6-5-10(7-15-12)14(19)18(2)3/h5-8H,4,9H2,1-3H3,(H,15,16). The molecule has 5 nitrogen and oxygen atoms in total. The number of rotatable bonds is 5. The van der Waals surface area contributed by atoms with Crippen LogP contribution in [0.2, 0.25) is 0 Å². The zero-order chi connectivity index (χ0) is 14.5. The fourth-order valence-corrected chi connectivity index (χ4v) is 2.44. The van der Waals surface area contributed by atoms with Crippen molar-refractivity contribution in [2.24, 2.45) is 0 Å². The summed E-state index contributed by atoms with van der Waals surface area (Å²) in [5.41, 5.74) is 0.586. The summed E-state index contributed by atoms with van der Waals surface area (Å²) in [6, 6.07) is 3.59. The predicted molar refractivity (Wildman–Crippen MR) is 81.1 cm³/mol. The molecule has 0 radical (unpaired) electrons. The smallest absolute Gasteiger partial charge is 0.254 e. The lowest BCUT2D eigenvalue weighted by atomic mass is 10.2. The van der Waals surface area contributed by atoms with E-state index in [1.165, 1.54) is 9.78 Å². The number of carbonyl (C=O) groups excluding carboxylic acids is 1. The molecule has 2 aromatic rings. The summed E-state index contributed by atoms with van der Waals surface area (Å²) >= 11 is 1.70. The van der Waals surface area contributed by atoms with Gasteiger partial charge in [-0.3, -0.25) is 4.79 Å². The molecule has 2 rings (SSSR count). The number of aromatic nitrogens is 2. The van der Waals surface area contributed by atoms with E-state index in [0.29, 0.717) is 12.1 Å². The average molecular weight is 290 g/mol. The molecule has 2 heterocycles. The Morgan fingerprint density at radius 2 is 2.10 bits per heavy atom. The second kappa shape index (κ2) is 6.47. The second-order valence-corrected chi connectivity index (χ2v) is 5.76. The Hall–Kier alpha value is -1.95. The third-order valence-electron chi connectivity index (χ3n) is 2.79. The summed E-state index contributed by atoms with van der Waals surface area (Å²) in [5, 5.41) is 4.24. The summed E-state index contributed by atoms with van der Waals surface area (Å²) in [7, 11) is 3.45. The molecule has 6 heteroatoms. The molecule has 20 heavy (non-hydrogen) atoms. The van der Waals surface area contributed by atoms with E-state index in [-0.39, 0.29) is 5.91 Å². The number of amides is 1. The molecule has 1 amide bonds. The molecule has 0 atom stereocenters. The predicted octanol–water partition coefficient (Wildman–Crippen LogP) is 2.41. The van der Waals surface area contributed by atoms with Crippen molar-refractivity contribution < 1.29 is 4.79 Å². The van der Waals surface area contributed by atoms with Crippen molar-refractivity contribution in [1.82, 2.24) is 14.9 Å². The van der Waals surface area contributed by atoms with E-state index in [1.54, 1.807) is 37.7 Å². The van der Waals surface area contributed by atoms with Gasteiger partial charge in [-0.05, 0) is 18.6 Å². The highest BCUT2D eigenvalue weighted by molar-refractivity contribution is 7.11. The Balaban J connectivity index is 1.95. The van der Waals surface area contributed by atoms with E-state index in [4.69, 9.17) is 0 Å². The van der Waals surface area contributed by atoms with Gasteiger partial charge >= 0.3 is 0 Å².